The van der Waals surface area contributed by atoms with Gasteiger partial charge in [-0.2, -0.15) is 0 Å². The number of benzene rings is 1. The first kappa shape index (κ1) is 14.2. The summed E-state index contributed by atoms with van der Waals surface area (Å²) < 4.78 is 26.3. The minimum atomic E-state index is -0.849. The second-order valence-electron chi connectivity index (χ2n) is 4.21. The van der Waals surface area contributed by atoms with Gasteiger partial charge < -0.3 is 5.32 Å². The molecular weight excluding hydrogens is 310 g/mol. The molecule has 1 N–H and O–H groups in total. The van der Waals surface area contributed by atoms with Crippen LogP contribution in [0.25, 0.3) is 10.7 Å². The minimum absolute atomic E-state index is 0.111. The molecule has 0 atom stereocenters. The van der Waals surface area contributed by atoms with Gasteiger partial charge in [0.05, 0.1) is 11.9 Å². The normalized spacial score (nSPS) is 10.5. The van der Waals surface area contributed by atoms with Gasteiger partial charge >= 0.3 is 0 Å². The molecule has 1 aromatic carbocycles. The Morgan fingerprint density at radius 3 is 2.82 bits per heavy atom. The molecule has 8 heteroatoms. The molecule has 1 amide bonds. The van der Waals surface area contributed by atoms with Crippen molar-refractivity contribution in [2.24, 2.45) is 0 Å². The number of thiazole rings is 1. The molecule has 0 saturated carbocycles. The van der Waals surface area contributed by atoms with Gasteiger partial charge in [-0.25, -0.2) is 13.8 Å². The van der Waals surface area contributed by atoms with Crippen molar-refractivity contribution in [1.82, 2.24) is 15.0 Å². The molecule has 0 bridgehead atoms. The van der Waals surface area contributed by atoms with Gasteiger partial charge in [0.2, 0.25) is 0 Å². The highest BCUT2D eigenvalue weighted by Gasteiger charge is 2.14. The maximum Gasteiger partial charge on any atom is 0.275 e. The van der Waals surface area contributed by atoms with Crippen LogP contribution in [0.4, 0.5) is 14.5 Å². The summed E-state index contributed by atoms with van der Waals surface area (Å²) in [7, 11) is 0. The predicted octanol–water partition coefficient (Wildman–Crippen LogP) is 3.13. The van der Waals surface area contributed by atoms with Gasteiger partial charge in [-0.15, -0.1) is 11.3 Å². The van der Waals surface area contributed by atoms with Crippen molar-refractivity contribution in [2.75, 3.05) is 5.32 Å². The third-order valence-electron chi connectivity index (χ3n) is 2.70. The van der Waals surface area contributed by atoms with E-state index in [1.807, 2.05) is 0 Å². The van der Waals surface area contributed by atoms with Crippen LogP contribution >= 0.6 is 11.3 Å². The molecule has 0 spiro atoms. The molecule has 110 valence electrons. The molecule has 5 nitrogen and oxygen atoms in total. The molecule has 0 aliphatic carbocycles. The lowest BCUT2D eigenvalue weighted by Gasteiger charge is -2.04. The van der Waals surface area contributed by atoms with Crippen LogP contribution in [0.15, 0.2) is 42.2 Å². The van der Waals surface area contributed by atoms with Gasteiger partial charge in [-0.1, -0.05) is 0 Å². The van der Waals surface area contributed by atoms with E-state index in [2.05, 4.69) is 20.3 Å². The predicted molar refractivity (Wildman–Crippen MR) is 77.5 cm³/mol. The van der Waals surface area contributed by atoms with E-state index in [9.17, 15) is 13.6 Å². The van der Waals surface area contributed by atoms with Crippen molar-refractivity contribution < 1.29 is 13.6 Å². The van der Waals surface area contributed by atoms with E-state index in [0.717, 1.165) is 12.1 Å². The maximum absolute atomic E-state index is 13.5. The molecule has 0 aliphatic heterocycles. The van der Waals surface area contributed by atoms with Crippen LogP contribution in [0.2, 0.25) is 0 Å². The standard InChI is InChI=1S/C14H8F2N4OS/c15-8-1-2-10(9(16)5-8)19-13(21)12-7-22-14(20-12)11-6-17-3-4-18-11/h1-7H,(H,19,21). The summed E-state index contributed by atoms with van der Waals surface area (Å²) in [6.45, 7) is 0. The summed E-state index contributed by atoms with van der Waals surface area (Å²) in [4.78, 5) is 24.2. The molecule has 0 saturated heterocycles. The Morgan fingerprint density at radius 2 is 2.09 bits per heavy atom. The Morgan fingerprint density at radius 1 is 1.23 bits per heavy atom. The smallest absolute Gasteiger partial charge is 0.275 e. The molecular formula is C14H8F2N4OS. The van der Waals surface area contributed by atoms with Gasteiger partial charge in [0, 0.05) is 23.8 Å². The molecule has 0 radical (unpaired) electrons. The molecule has 3 aromatic rings. The summed E-state index contributed by atoms with van der Waals surface area (Å²) >= 11 is 1.22. The first-order valence-corrected chi connectivity index (χ1v) is 7.00. The van der Waals surface area contributed by atoms with Crippen LogP contribution < -0.4 is 5.32 Å². The van der Waals surface area contributed by atoms with E-state index in [0.29, 0.717) is 16.8 Å². The molecule has 0 fully saturated rings. The molecule has 0 aliphatic rings. The Labute approximate surface area is 127 Å². The molecule has 2 heterocycles. The summed E-state index contributed by atoms with van der Waals surface area (Å²) in [5.41, 5.74) is 0.550. The van der Waals surface area contributed by atoms with Gasteiger partial charge in [0.25, 0.3) is 5.91 Å². The number of halogens is 2. The van der Waals surface area contributed by atoms with Crippen LogP contribution in [0.1, 0.15) is 10.5 Å². The monoisotopic (exact) mass is 318 g/mol. The lowest BCUT2D eigenvalue weighted by atomic mass is 10.3. The van der Waals surface area contributed by atoms with Gasteiger partial charge in [-0.3, -0.25) is 14.8 Å². The Kier molecular flexibility index (Phi) is 3.84. The summed E-state index contributed by atoms with van der Waals surface area (Å²) in [6.07, 6.45) is 4.58. The largest absolute Gasteiger partial charge is 0.318 e. The molecule has 22 heavy (non-hydrogen) atoms. The fourth-order valence-electron chi connectivity index (χ4n) is 1.68. The molecule has 2 aromatic heterocycles. The first-order chi connectivity index (χ1) is 10.6. The molecule has 0 unspecified atom stereocenters. The van der Waals surface area contributed by atoms with E-state index in [1.165, 1.54) is 35.3 Å². The van der Waals surface area contributed by atoms with Crippen LogP contribution in [0.5, 0.6) is 0 Å². The van der Waals surface area contributed by atoms with Crippen molar-refractivity contribution in [1.29, 1.82) is 0 Å². The van der Waals surface area contributed by atoms with Crippen molar-refractivity contribution >= 4 is 22.9 Å². The quantitative estimate of drug-likeness (QED) is 0.805. The van der Waals surface area contributed by atoms with E-state index in [4.69, 9.17) is 0 Å². The van der Waals surface area contributed by atoms with Gasteiger partial charge in [0.15, 0.2) is 0 Å². The van der Waals surface area contributed by atoms with Crippen molar-refractivity contribution in [3.05, 3.63) is 59.5 Å². The number of aromatic nitrogens is 3. The average molecular weight is 318 g/mol. The van der Waals surface area contributed by atoms with E-state index in [1.54, 1.807) is 0 Å². The lowest BCUT2D eigenvalue weighted by Crippen LogP contribution is -2.13. The van der Waals surface area contributed by atoms with Gasteiger partial charge in [-0.05, 0) is 12.1 Å². The second kappa shape index (κ2) is 5.94. The van der Waals surface area contributed by atoms with E-state index in [-0.39, 0.29) is 11.4 Å². The zero-order chi connectivity index (χ0) is 15.5. The second-order valence-corrected chi connectivity index (χ2v) is 5.06. The minimum Gasteiger partial charge on any atom is -0.318 e. The zero-order valence-electron chi connectivity index (χ0n) is 11.0. The van der Waals surface area contributed by atoms with E-state index < -0.39 is 17.5 Å². The summed E-state index contributed by atoms with van der Waals surface area (Å²) in [5.74, 6) is -2.15. The SMILES string of the molecule is O=C(Nc1ccc(F)cc1F)c1csc(-c2cnccn2)n1. The summed E-state index contributed by atoms with van der Waals surface area (Å²) in [5, 5.41) is 4.40. The van der Waals surface area contributed by atoms with E-state index >= 15 is 0 Å². The average Bonchev–Trinajstić information content (AvgIpc) is 3.01. The number of hydrogen-bond acceptors (Lipinski definition) is 5. The van der Waals surface area contributed by atoms with Crippen LogP contribution in [-0.2, 0) is 0 Å². The van der Waals surface area contributed by atoms with Gasteiger partial charge in [0.1, 0.15) is 28.0 Å². The zero-order valence-corrected chi connectivity index (χ0v) is 11.8. The Hall–Kier alpha value is -2.74. The fourth-order valence-corrected chi connectivity index (χ4v) is 2.44. The topological polar surface area (TPSA) is 67.8 Å². The number of rotatable bonds is 3. The van der Waals surface area contributed by atoms with Crippen molar-refractivity contribution in [2.45, 2.75) is 0 Å². The number of amides is 1. The van der Waals surface area contributed by atoms with Crippen molar-refractivity contribution in [3.63, 3.8) is 0 Å². The number of nitrogens with one attached hydrogen (secondary N) is 1. The molecule has 3 rings (SSSR count). The highest BCUT2D eigenvalue weighted by Crippen LogP contribution is 2.22. The van der Waals surface area contributed by atoms with Crippen LogP contribution in [0.3, 0.4) is 0 Å². The Balaban J connectivity index is 1.80. The number of carbonyl (C=O) groups is 1. The van der Waals surface area contributed by atoms with Crippen LogP contribution in [0, 0.1) is 11.6 Å². The van der Waals surface area contributed by atoms with Crippen molar-refractivity contribution in [3.8, 4) is 10.7 Å². The number of hydrogen-bond donors (Lipinski definition) is 1. The first-order valence-electron chi connectivity index (χ1n) is 6.12. The third kappa shape index (κ3) is 2.96. The summed E-state index contributed by atoms with van der Waals surface area (Å²) in [6, 6.07) is 2.91. The highest BCUT2D eigenvalue weighted by atomic mass is 32.1. The lowest BCUT2D eigenvalue weighted by molar-refractivity contribution is 0.102. The number of nitrogens with zero attached hydrogens (tertiary/aromatic N) is 3. The number of carbonyl (C=O) groups excluding carboxylic acids is 1. The number of anilines is 1. The third-order valence-corrected chi connectivity index (χ3v) is 3.56. The highest BCUT2D eigenvalue weighted by molar-refractivity contribution is 7.13. The Bertz CT molecular complexity index is 823. The maximum atomic E-state index is 13.5. The fraction of sp³-hybridized carbons (Fsp3) is 0. The van der Waals surface area contributed by atoms with Crippen LogP contribution in [-0.4, -0.2) is 20.9 Å².